The molecule has 0 atom stereocenters. The van der Waals surface area contributed by atoms with Gasteiger partial charge in [-0.2, -0.15) is 0 Å². The first kappa shape index (κ1) is 10.5. The Morgan fingerprint density at radius 3 is 2.24 bits per heavy atom. The summed E-state index contributed by atoms with van der Waals surface area (Å²) in [5.41, 5.74) is 1.86. The molecule has 0 unspecified atom stereocenters. The number of para-hydroxylation sites is 2. The minimum atomic E-state index is 0.803. The highest BCUT2D eigenvalue weighted by molar-refractivity contribution is 8.01. The predicted molar refractivity (Wildman–Crippen MR) is 67.5 cm³/mol. The first-order valence-corrected chi connectivity index (χ1v) is 6.32. The zero-order chi connectivity index (χ0) is 11.5. The fourth-order valence-electron chi connectivity index (χ4n) is 1.57. The van der Waals surface area contributed by atoms with Gasteiger partial charge in [-0.3, -0.25) is 4.98 Å². The molecule has 1 aliphatic rings. The third kappa shape index (κ3) is 2.36. The summed E-state index contributed by atoms with van der Waals surface area (Å²) in [4.78, 5) is 13.2. The lowest BCUT2D eigenvalue weighted by molar-refractivity contribution is 1.14. The summed E-state index contributed by atoms with van der Waals surface area (Å²) >= 11 is 1.61. The third-order valence-electron chi connectivity index (χ3n) is 2.39. The minimum Gasteiger partial charge on any atom is -0.260 e. The lowest BCUT2D eigenvalue weighted by Gasteiger charge is -2.01. The average Bonchev–Trinajstić information content (AvgIpc) is 2.80. The Morgan fingerprint density at radius 1 is 0.882 bits per heavy atom. The van der Waals surface area contributed by atoms with Crippen LogP contribution in [0.3, 0.4) is 0 Å². The molecule has 0 N–H and O–H groups in total. The number of hydrogen-bond donors (Lipinski definition) is 0. The molecule has 0 saturated heterocycles. The summed E-state index contributed by atoms with van der Waals surface area (Å²) in [5.74, 6) is 0.803. The smallest absolute Gasteiger partial charge is 0.254 e. The highest BCUT2D eigenvalue weighted by Gasteiger charge is 2.12. The Morgan fingerprint density at radius 2 is 1.59 bits per heavy atom. The summed E-state index contributed by atoms with van der Waals surface area (Å²) in [6.45, 7) is 0. The molecule has 3 rings (SSSR count). The number of rotatable bonds is 3. The molecular weight excluding hydrogens is 230 g/mol. The predicted octanol–water partition coefficient (Wildman–Crippen LogP) is 1.71. The highest BCUT2D eigenvalue weighted by atomic mass is 32.2. The van der Waals surface area contributed by atoms with Gasteiger partial charge in [-0.05, 0) is 24.3 Å². The van der Waals surface area contributed by atoms with Crippen molar-refractivity contribution >= 4 is 11.8 Å². The molecule has 0 aliphatic carbocycles. The number of aromatic nitrogens is 1. The molecule has 0 saturated carbocycles. The van der Waals surface area contributed by atoms with Crippen LogP contribution >= 0.6 is 11.8 Å². The van der Waals surface area contributed by atoms with Crippen LogP contribution < -0.4 is 10.7 Å². The standard InChI is InChI=1S/C13H10N3S/c1-2-7-12-11(6-1)15-13(16-12)17-9-10-5-3-4-8-14-10/h1-8H,9H2. The number of benzene rings is 1. The van der Waals surface area contributed by atoms with Crippen LogP contribution in [0.2, 0.25) is 0 Å². The largest absolute Gasteiger partial charge is 0.260 e. The maximum Gasteiger partial charge on any atom is 0.254 e. The quantitative estimate of drug-likeness (QED) is 0.819. The van der Waals surface area contributed by atoms with Gasteiger partial charge in [0.1, 0.15) is 0 Å². The van der Waals surface area contributed by atoms with Crippen molar-refractivity contribution in [3.63, 3.8) is 0 Å². The SMILES string of the molecule is c1ccc(CS[C]2N=c3ccccc3=N2)nc1. The molecular formula is C13H10N3S. The van der Waals surface area contributed by atoms with Crippen molar-refractivity contribution in [2.45, 2.75) is 5.75 Å². The Kier molecular flexibility index (Phi) is 2.88. The van der Waals surface area contributed by atoms with E-state index in [1.807, 2.05) is 42.5 Å². The van der Waals surface area contributed by atoms with Crippen molar-refractivity contribution in [2.75, 3.05) is 0 Å². The van der Waals surface area contributed by atoms with Crippen LogP contribution in [0, 0.1) is 5.50 Å². The zero-order valence-electron chi connectivity index (χ0n) is 9.08. The monoisotopic (exact) mass is 240 g/mol. The highest BCUT2D eigenvalue weighted by Crippen LogP contribution is 2.25. The average molecular weight is 240 g/mol. The van der Waals surface area contributed by atoms with Crippen LogP contribution in [0.15, 0.2) is 58.6 Å². The molecule has 2 aromatic rings. The molecule has 1 aromatic carbocycles. The van der Waals surface area contributed by atoms with E-state index < -0.39 is 0 Å². The van der Waals surface area contributed by atoms with E-state index in [0.717, 1.165) is 27.7 Å². The number of nitrogens with zero attached hydrogens (tertiary/aromatic N) is 3. The summed E-state index contributed by atoms with van der Waals surface area (Å²) in [6.07, 6.45) is 1.80. The van der Waals surface area contributed by atoms with Crippen LogP contribution in [0.1, 0.15) is 5.69 Å². The van der Waals surface area contributed by atoms with Gasteiger partial charge in [-0.15, -0.1) is 0 Å². The second-order valence-corrected chi connectivity index (χ2v) is 4.55. The number of fused-ring (bicyclic) bond motifs is 1. The minimum absolute atomic E-state index is 0.803. The third-order valence-corrected chi connectivity index (χ3v) is 3.27. The summed E-state index contributed by atoms with van der Waals surface area (Å²) in [7, 11) is 0. The Hall–Kier alpha value is -1.68. The number of thioether (sulfide) groups is 1. The van der Waals surface area contributed by atoms with Gasteiger partial charge in [-0.25, -0.2) is 9.98 Å². The van der Waals surface area contributed by atoms with Crippen molar-refractivity contribution in [1.82, 2.24) is 4.98 Å². The molecule has 0 amide bonds. The number of hydrogen-bond acceptors (Lipinski definition) is 4. The van der Waals surface area contributed by atoms with Gasteiger partial charge >= 0.3 is 0 Å². The van der Waals surface area contributed by atoms with Crippen molar-refractivity contribution in [2.24, 2.45) is 9.98 Å². The Balaban J connectivity index is 1.72. The van der Waals surface area contributed by atoms with Gasteiger partial charge in [0, 0.05) is 11.9 Å². The lowest BCUT2D eigenvalue weighted by Crippen LogP contribution is -2.19. The fraction of sp³-hybridized carbons (Fsp3) is 0.0769. The maximum absolute atomic E-state index is 4.45. The van der Waals surface area contributed by atoms with E-state index in [2.05, 4.69) is 15.0 Å². The van der Waals surface area contributed by atoms with E-state index in [4.69, 9.17) is 0 Å². The summed E-state index contributed by atoms with van der Waals surface area (Å²) < 4.78 is 0. The normalized spacial score (nSPS) is 13.9. The molecule has 2 heterocycles. The van der Waals surface area contributed by atoms with Crippen LogP contribution in [-0.4, -0.2) is 4.98 Å². The van der Waals surface area contributed by atoms with Crippen molar-refractivity contribution < 1.29 is 0 Å². The van der Waals surface area contributed by atoms with Gasteiger partial charge in [0.25, 0.3) is 5.50 Å². The molecule has 0 spiro atoms. The first-order chi connectivity index (χ1) is 8.42. The van der Waals surface area contributed by atoms with Gasteiger partial charge in [0.15, 0.2) is 0 Å². The van der Waals surface area contributed by atoms with E-state index in [0.29, 0.717) is 0 Å². The van der Waals surface area contributed by atoms with Gasteiger partial charge in [0.05, 0.1) is 16.4 Å². The van der Waals surface area contributed by atoms with E-state index in [1.54, 1.807) is 18.0 Å². The number of pyridine rings is 1. The Bertz CT molecular complexity index is 590. The van der Waals surface area contributed by atoms with Crippen molar-refractivity contribution in [3.8, 4) is 0 Å². The first-order valence-electron chi connectivity index (χ1n) is 5.34. The van der Waals surface area contributed by atoms with Gasteiger partial charge < -0.3 is 0 Å². The molecule has 0 bridgehead atoms. The van der Waals surface area contributed by atoms with E-state index in [1.165, 1.54) is 0 Å². The molecule has 17 heavy (non-hydrogen) atoms. The molecule has 83 valence electrons. The zero-order valence-corrected chi connectivity index (χ0v) is 9.89. The summed E-state index contributed by atoms with van der Waals surface area (Å²) in [6, 6.07) is 13.8. The molecule has 4 heteroatoms. The van der Waals surface area contributed by atoms with Crippen LogP contribution in [0.4, 0.5) is 0 Å². The van der Waals surface area contributed by atoms with Gasteiger partial charge in [-0.1, -0.05) is 30.0 Å². The molecule has 3 nitrogen and oxygen atoms in total. The lowest BCUT2D eigenvalue weighted by atomic mass is 10.3. The van der Waals surface area contributed by atoms with Crippen LogP contribution in [0.5, 0.6) is 0 Å². The fourth-order valence-corrected chi connectivity index (χ4v) is 2.34. The summed E-state index contributed by atoms with van der Waals surface area (Å²) in [5, 5.41) is 1.91. The Labute approximate surface area is 103 Å². The van der Waals surface area contributed by atoms with Crippen LogP contribution in [-0.2, 0) is 5.75 Å². The van der Waals surface area contributed by atoms with Crippen molar-refractivity contribution in [1.29, 1.82) is 0 Å². The van der Waals surface area contributed by atoms with Crippen molar-refractivity contribution in [3.05, 3.63) is 70.6 Å². The van der Waals surface area contributed by atoms with Crippen LogP contribution in [0.25, 0.3) is 0 Å². The van der Waals surface area contributed by atoms with E-state index in [9.17, 15) is 0 Å². The second-order valence-electron chi connectivity index (χ2n) is 3.60. The van der Waals surface area contributed by atoms with Gasteiger partial charge in [0.2, 0.25) is 0 Å². The molecule has 1 radical (unpaired) electrons. The second kappa shape index (κ2) is 4.67. The topological polar surface area (TPSA) is 37.6 Å². The van der Waals surface area contributed by atoms with E-state index in [-0.39, 0.29) is 0 Å². The molecule has 1 aromatic heterocycles. The molecule has 0 fully saturated rings. The van der Waals surface area contributed by atoms with E-state index >= 15 is 0 Å². The molecule has 1 aliphatic heterocycles. The maximum atomic E-state index is 4.45.